The van der Waals surface area contributed by atoms with Gasteiger partial charge in [-0.05, 0) is 104 Å². The molecule has 2 aliphatic heterocycles. The van der Waals surface area contributed by atoms with Gasteiger partial charge in [0.25, 0.3) is 0 Å². The summed E-state index contributed by atoms with van der Waals surface area (Å²) in [6, 6.07) is 9.58. The molecule has 0 aromatic heterocycles. The van der Waals surface area contributed by atoms with Crippen molar-refractivity contribution in [3.05, 3.63) is 35.4 Å². The largest absolute Gasteiger partial charge is 0.316 e. The highest BCUT2D eigenvalue weighted by Gasteiger charge is 2.46. The molecule has 0 amide bonds. The number of hydrogen-bond acceptors (Lipinski definition) is 2. The van der Waals surface area contributed by atoms with Gasteiger partial charge in [-0.1, -0.05) is 73.7 Å². The topological polar surface area (TPSA) is 24.1 Å². The monoisotopic (exact) mass is 476 g/mol. The van der Waals surface area contributed by atoms with Gasteiger partial charge in [-0.15, -0.1) is 9.24 Å². The summed E-state index contributed by atoms with van der Waals surface area (Å²) in [7, 11) is 3.31. The maximum Gasteiger partial charge on any atom is 0.0180 e. The van der Waals surface area contributed by atoms with Crippen LogP contribution in [0.15, 0.2) is 24.3 Å². The van der Waals surface area contributed by atoms with Gasteiger partial charge >= 0.3 is 0 Å². The molecule has 2 heterocycles. The minimum Gasteiger partial charge on any atom is -0.316 e. The second-order valence-corrected chi connectivity index (χ2v) is 16.1. The van der Waals surface area contributed by atoms with Crippen molar-refractivity contribution >= 4 is 17.2 Å². The van der Waals surface area contributed by atoms with Gasteiger partial charge in [-0.3, -0.25) is 0 Å². The number of benzene rings is 1. The predicted molar refractivity (Wildman–Crippen MR) is 148 cm³/mol. The van der Waals surface area contributed by atoms with Crippen LogP contribution in [-0.2, 0) is 11.3 Å². The Morgan fingerprint density at radius 1 is 0.875 bits per heavy atom. The first-order valence-electron chi connectivity index (χ1n) is 13.2. The van der Waals surface area contributed by atoms with E-state index in [1.165, 1.54) is 57.8 Å². The smallest absolute Gasteiger partial charge is 0.0180 e. The van der Waals surface area contributed by atoms with E-state index in [4.69, 9.17) is 0 Å². The number of hydrogen-bond donors (Lipinski definition) is 2. The van der Waals surface area contributed by atoms with E-state index in [0.29, 0.717) is 22.1 Å². The molecule has 3 rings (SSSR count). The van der Waals surface area contributed by atoms with Crippen molar-refractivity contribution in [2.45, 2.75) is 102 Å². The molecule has 1 aromatic carbocycles. The lowest BCUT2D eigenvalue weighted by Gasteiger charge is -2.49. The maximum atomic E-state index is 3.75. The van der Waals surface area contributed by atoms with Crippen LogP contribution in [0.2, 0.25) is 0 Å². The van der Waals surface area contributed by atoms with E-state index >= 15 is 0 Å². The Kier molecular flexibility index (Phi) is 9.28. The summed E-state index contributed by atoms with van der Waals surface area (Å²) in [6.07, 6.45) is 9.07. The van der Waals surface area contributed by atoms with Crippen LogP contribution in [0, 0.1) is 11.8 Å². The van der Waals surface area contributed by atoms with E-state index in [0.717, 1.165) is 13.1 Å². The number of rotatable bonds is 9. The van der Waals surface area contributed by atoms with E-state index in [2.05, 4.69) is 85.7 Å². The highest BCUT2D eigenvalue weighted by Crippen LogP contribution is 2.64. The molecule has 0 aliphatic carbocycles. The summed E-state index contributed by atoms with van der Waals surface area (Å²) in [4.78, 5) is 0. The van der Waals surface area contributed by atoms with Crippen LogP contribution in [0.1, 0.15) is 91.2 Å². The van der Waals surface area contributed by atoms with Crippen molar-refractivity contribution in [2.75, 3.05) is 26.2 Å². The fraction of sp³-hybridized carbons (Fsp3) is 0.786. The van der Waals surface area contributed by atoms with Crippen LogP contribution in [0.3, 0.4) is 0 Å². The summed E-state index contributed by atoms with van der Waals surface area (Å²) in [5.74, 6) is 1.38. The molecule has 0 bridgehead atoms. The third-order valence-corrected chi connectivity index (χ3v) is 14.4. The summed E-state index contributed by atoms with van der Waals surface area (Å²) in [5.41, 5.74) is 3.27. The molecule has 182 valence electrons. The average molecular weight is 477 g/mol. The molecular formula is C28H50N2P2. The third kappa shape index (κ3) is 5.62. The van der Waals surface area contributed by atoms with Gasteiger partial charge in [0.2, 0.25) is 0 Å². The highest BCUT2D eigenvalue weighted by molar-refractivity contribution is 7.60. The van der Waals surface area contributed by atoms with Crippen LogP contribution >= 0.6 is 17.2 Å². The molecule has 3 unspecified atom stereocenters. The Morgan fingerprint density at radius 2 is 1.38 bits per heavy atom. The highest BCUT2D eigenvalue weighted by atomic mass is 31.1. The van der Waals surface area contributed by atoms with Crippen LogP contribution in [-0.4, -0.2) is 36.5 Å². The molecule has 0 spiro atoms. The first-order valence-corrected chi connectivity index (χ1v) is 15.3. The lowest BCUT2D eigenvalue weighted by molar-refractivity contribution is 0.193. The lowest BCUT2D eigenvalue weighted by atomic mass is 9.69. The number of nitrogens with one attached hydrogen (secondary N) is 2. The molecule has 2 nitrogen and oxygen atoms in total. The van der Waals surface area contributed by atoms with Gasteiger partial charge in [0.05, 0.1) is 0 Å². The normalized spacial score (nSPS) is 25.0. The zero-order valence-corrected chi connectivity index (χ0v) is 23.8. The molecular weight excluding hydrogens is 426 g/mol. The maximum absolute atomic E-state index is 3.75. The third-order valence-electron chi connectivity index (χ3n) is 8.95. The summed E-state index contributed by atoms with van der Waals surface area (Å²) >= 11 is 0. The molecule has 2 saturated heterocycles. The van der Waals surface area contributed by atoms with Crippen molar-refractivity contribution in [3.63, 3.8) is 0 Å². The summed E-state index contributed by atoms with van der Waals surface area (Å²) in [5, 5.41) is 8.44. The first kappa shape index (κ1) is 26.6. The van der Waals surface area contributed by atoms with Crippen molar-refractivity contribution in [1.29, 1.82) is 0 Å². The Hall–Kier alpha value is -0.0000000000000000416. The van der Waals surface area contributed by atoms with E-state index in [1.807, 2.05) is 0 Å². The van der Waals surface area contributed by atoms with Gasteiger partial charge < -0.3 is 10.6 Å². The second-order valence-electron chi connectivity index (χ2n) is 11.6. The number of piperidine rings is 2. The Labute approximate surface area is 202 Å². The Morgan fingerprint density at radius 3 is 1.81 bits per heavy atom. The van der Waals surface area contributed by atoms with E-state index in [1.54, 1.807) is 11.1 Å². The quantitative estimate of drug-likeness (QED) is 0.371. The molecule has 3 atom stereocenters. The lowest BCUT2D eigenvalue weighted by Crippen LogP contribution is -2.49. The van der Waals surface area contributed by atoms with Crippen molar-refractivity contribution in [2.24, 2.45) is 11.8 Å². The van der Waals surface area contributed by atoms with E-state index in [9.17, 15) is 0 Å². The Bertz CT molecular complexity index is 684. The fourth-order valence-corrected chi connectivity index (χ4v) is 10.9. The SMILES string of the molecule is CCC(C)(C)P(Cc1ccccc1C(P)(C1CCCNC1)C1CCCNC1)C(C)(C)CC. The zero-order valence-electron chi connectivity index (χ0n) is 21.8. The average Bonchev–Trinajstić information content (AvgIpc) is 2.83. The summed E-state index contributed by atoms with van der Waals surface area (Å²) < 4.78 is 0. The summed E-state index contributed by atoms with van der Waals surface area (Å²) in [6.45, 7) is 19.6. The Balaban J connectivity index is 2.06. The van der Waals surface area contributed by atoms with Gasteiger partial charge in [0.15, 0.2) is 0 Å². The van der Waals surface area contributed by atoms with Crippen LogP contribution in [0.5, 0.6) is 0 Å². The molecule has 4 heteroatoms. The fourth-order valence-electron chi connectivity index (χ4n) is 6.17. The minimum atomic E-state index is -0.162. The molecule has 0 radical (unpaired) electrons. The van der Waals surface area contributed by atoms with Gasteiger partial charge in [-0.2, -0.15) is 0 Å². The predicted octanol–water partition coefficient (Wildman–Crippen LogP) is 7.12. The van der Waals surface area contributed by atoms with Crippen LogP contribution in [0.4, 0.5) is 0 Å². The molecule has 2 aliphatic rings. The molecule has 0 saturated carbocycles. The van der Waals surface area contributed by atoms with Gasteiger partial charge in [-0.25, -0.2) is 0 Å². The molecule has 32 heavy (non-hydrogen) atoms. The zero-order chi connectivity index (χ0) is 23.4. The van der Waals surface area contributed by atoms with Crippen molar-refractivity contribution in [1.82, 2.24) is 10.6 Å². The van der Waals surface area contributed by atoms with E-state index in [-0.39, 0.29) is 13.1 Å². The van der Waals surface area contributed by atoms with Gasteiger partial charge in [0.1, 0.15) is 0 Å². The van der Waals surface area contributed by atoms with Crippen molar-refractivity contribution < 1.29 is 0 Å². The second kappa shape index (κ2) is 11.2. The van der Waals surface area contributed by atoms with Gasteiger partial charge in [0, 0.05) is 5.16 Å². The first-order chi connectivity index (χ1) is 15.2. The van der Waals surface area contributed by atoms with Crippen LogP contribution < -0.4 is 10.6 Å². The standard InChI is InChI=1S/C28H50N2P2/c1-7-26(3,4)32(27(5,6)8-2)21-22-13-9-10-16-25(22)28(31,23-14-11-17-29-19-23)24-15-12-18-30-20-24/h9-10,13,16,23-24,29-30H,7-8,11-12,14-15,17-21,31H2,1-6H3. The molecule has 2 N–H and O–H groups in total. The van der Waals surface area contributed by atoms with E-state index < -0.39 is 0 Å². The molecule has 1 aromatic rings. The minimum absolute atomic E-state index is 0.158. The van der Waals surface area contributed by atoms with Crippen molar-refractivity contribution in [3.8, 4) is 0 Å². The molecule has 2 fully saturated rings. The van der Waals surface area contributed by atoms with Crippen LogP contribution in [0.25, 0.3) is 0 Å².